The molecule has 0 bridgehead atoms. The van der Waals surface area contributed by atoms with Gasteiger partial charge in [0.1, 0.15) is 35.2 Å². The molecule has 10 heteroatoms. The lowest BCUT2D eigenvalue weighted by molar-refractivity contribution is -0.141. The van der Waals surface area contributed by atoms with E-state index in [0.29, 0.717) is 17.3 Å². The fourth-order valence-electron chi connectivity index (χ4n) is 2.38. The minimum absolute atomic E-state index is 0.0281. The van der Waals surface area contributed by atoms with Crippen molar-refractivity contribution in [2.45, 2.75) is 33.0 Å². The largest absolute Gasteiger partial charge is 0.433 e. The summed E-state index contributed by atoms with van der Waals surface area (Å²) in [6.45, 7) is 5.73. The van der Waals surface area contributed by atoms with Gasteiger partial charge in [0.2, 0.25) is 0 Å². The minimum atomic E-state index is -4.56. The number of rotatable bonds is 5. The van der Waals surface area contributed by atoms with E-state index in [2.05, 4.69) is 35.6 Å². The lowest BCUT2D eigenvalue weighted by atomic mass is 10.3. The third-order valence-corrected chi connectivity index (χ3v) is 3.49. The van der Waals surface area contributed by atoms with Crippen LogP contribution in [0.4, 0.5) is 30.6 Å². The molecule has 0 atom stereocenters. The van der Waals surface area contributed by atoms with Crippen molar-refractivity contribution >= 4 is 17.5 Å². The van der Waals surface area contributed by atoms with Gasteiger partial charge in [0.15, 0.2) is 5.82 Å². The Balaban J connectivity index is 1.99. The standard InChI is InChI=1S/C18H18F3N7/c1-10(2)24-15-8-16(26-14-7-13(18(19,20)21)22-9-23-14)28-17(27-15)12-6-4-5-11(3)25-12/h4-10H,1-3H3,(H2,22,23,24,26,27,28). The van der Waals surface area contributed by atoms with Gasteiger partial charge in [-0.05, 0) is 32.9 Å². The molecular weight excluding hydrogens is 371 g/mol. The number of anilines is 3. The van der Waals surface area contributed by atoms with Crippen LogP contribution in [-0.2, 0) is 6.18 Å². The third-order valence-electron chi connectivity index (χ3n) is 3.49. The van der Waals surface area contributed by atoms with Gasteiger partial charge in [-0.2, -0.15) is 13.2 Å². The molecule has 0 radical (unpaired) electrons. The van der Waals surface area contributed by atoms with Crippen molar-refractivity contribution in [1.29, 1.82) is 0 Å². The van der Waals surface area contributed by atoms with Crippen LogP contribution in [0, 0.1) is 6.92 Å². The lowest BCUT2D eigenvalue weighted by Crippen LogP contribution is -2.13. The molecule has 0 aliphatic heterocycles. The molecule has 0 saturated carbocycles. The number of alkyl halides is 3. The highest BCUT2D eigenvalue weighted by Gasteiger charge is 2.32. The molecule has 0 aliphatic carbocycles. The summed E-state index contributed by atoms with van der Waals surface area (Å²) in [7, 11) is 0. The molecule has 3 heterocycles. The summed E-state index contributed by atoms with van der Waals surface area (Å²) in [5.41, 5.74) is 0.303. The molecule has 0 spiro atoms. The number of nitrogens with zero attached hydrogens (tertiary/aromatic N) is 5. The monoisotopic (exact) mass is 389 g/mol. The molecule has 146 valence electrons. The summed E-state index contributed by atoms with van der Waals surface area (Å²) in [5, 5.41) is 5.94. The molecule has 2 N–H and O–H groups in total. The molecule has 28 heavy (non-hydrogen) atoms. The Morgan fingerprint density at radius 1 is 0.929 bits per heavy atom. The van der Waals surface area contributed by atoms with Gasteiger partial charge >= 0.3 is 6.18 Å². The van der Waals surface area contributed by atoms with Crippen molar-refractivity contribution in [2.24, 2.45) is 0 Å². The molecule has 3 aromatic heterocycles. The van der Waals surface area contributed by atoms with Crippen LogP contribution in [0.15, 0.2) is 36.7 Å². The highest BCUT2D eigenvalue weighted by atomic mass is 19.4. The van der Waals surface area contributed by atoms with E-state index in [4.69, 9.17) is 0 Å². The zero-order chi connectivity index (χ0) is 20.3. The van der Waals surface area contributed by atoms with Gasteiger partial charge in [-0.25, -0.2) is 24.9 Å². The zero-order valence-corrected chi connectivity index (χ0v) is 15.4. The first-order chi connectivity index (χ1) is 13.2. The van der Waals surface area contributed by atoms with E-state index in [1.165, 1.54) is 0 Å². The molecule has 3 aromatic rings. The molecule has 0 aliphatic rings. The highest BCUT2D eigenvalue weighted by molar-refractivity contribution is 5.62. The Hall–Kier alpha value is -3.30. The molecule has 0 saturated heterocycles. The van der Waals surface area contributed by atoms with Crippen molar-refractivity contribution in [1.82, 2.24) is 24.9 Å². The van der Waals surface area contributed by atoms with Crippen molar-refractivity contribution < 1.29 is 13.2 Å². The number of aromatic nitrogens is 5. The number of hydrogen-bond donors (Lipinski definition) is 2. The van der Waals surface area contributed by atoms with Crippen LogP contribution in [0.2, 0.25) is 0 Å². The van der Waals surface area contributed by atoms with E-state index in [1.54, 1.807) is 12.1 Å². The second-order valence-corrected chi connectivity index (χ2v) is 6.34. The van der Waals surface area contributed by atoms with E-state index in [-0.39, 0.29) is 17.7 Å². The van der Waals surface area contributed by atoms with Crippen LogP contribution >= 0.6 is 0 Å². The minimum Gasteiger partial charge on any atom is -0.368 e. The van der Waals surface area contributed by atoms with Gasteiger partial charge < -0.3 is 10.6 Å². The highest BCUT2D eigenvalue weighted by Crippen LogP contribution is 2.29. The Morgan fingerprint density at radius 2 is 1.68 bits per heavy atom. The summed E-state index contributed by atoms with van der Waals surface area (Å²) < 4.78 is 38.6. The first kappa shape index (κ1) is 19.5. The van der Waals surface area contributed by atoms with Gasteiger partial charge in [0.25, 0.3) is 0 Å². The maximum atomic E-state index is 12.9. The quantitative estimate of drug-likeness (QED) is 0.675. The Kier molecular flexibility index (Phi) is 5.39. The van der Waals surface area contributed by atoms with Crippen LogP contribution in [-0.4, -0.2) is 31.0 Å². The van der Waals surface area contributed by atoms with Crippen LogP contribution in [0.5, 0.6) is 0 Å². The molecule has 0 fully saturated rings. The molecule has 3 rings (SSSR count). The number of hydrogen-bond acceptors (Lipinski definition) is 7. The second-order valence-electron chi connectivity index (χ2n) is 6.34. The van der Waals surface area contributed by atoms with Crippen molar-refractivity contribution in [3.05, 3.63) is 48.0 Å². The second kappa shape index (κ2) is 7.75. The van der Waals surface area contributed by atoms with E-state index in [0.717, 1.165) is 18.1 Å². The smallest absolute Gasteiger partial charge is 0.368 e. The normalized spacial score (nSPS) is 11.5. The number of aryl methyl sites for hydroxylation is 1. The average Bonchev–Trinajstić information content (AvgIpc) is 2.60. The summed E-state index contributed by atoms with van der Waals surface area (Å²) >= 11 is 0. The maximum Gasteiger partial charge on any atom is 0.433 e. The van der Waals surface area contributed by atoms with Gasteiger partial charge in [0, 0.05) is 23.9 Å². The van der Waals surface area contributed by atoms with Crippen molar-refractivity contribution in [2.75, 3.05) is 10.6 Å². The number of nitrogens with one attached hydrogen (secondary N) is 2. The first-order valence-corrected chi connectivity index (χ1v) is 8.46. The van der Waals surface area contributed by atoms with Gasteiger partial charge in [-0.15, -0.1) is 0 Å². The van der Waals surface area contributed by atoms with Gasteiger partial charge in [-0.1, -0.05) is 6.07 Å². The Labute approximate surface area is 159 Å². The Bertz CT molecular complexity index is 973. The van der Waals surface area contributed by atoms with Crippen LogP contribution in [0.3, 0.4) is 0 Å². The zero-order valence-electron chi connectivity index (χ0n) is 15.4. The van der Waals surface area contributed by atoms with Crippen LogP contribution in [0.1, 0.15) is 25.2 Å². The predicted molar refractivity (Wildman–Crippen MR) is 99.1 cm³/mol. The maximum absolute atomic E-state index is 12.9. The van der Waals surface area contributed by atoms with Crippen molar-refractivity contribution in [3.8, 4) is 11.5 Å². The van der Waals surface area contributed by atoms with Crippen molar-refractivity contribution in [3.63, 3.8) is 0 Å². The van der Waals surface area contributed by atoms with Gasteiger partial charge in [-0.3, -0.25) is 0 Å². The third kappa shape index (κ3) is 4.90. The number of pyridine rings is 1. The van der Waals surface area contributed by atoms with E-state index in [9.17, 15) is 13.2 Å². The predicted octanol–water partition coefficient (Wildman–Crippen LogP) is 4.22. The van der Waals surface area contributed by atoms with E-state index < -0.39 is 11.9 Å². The molecule has 7 nitrogen and oxygen atoms in total. The molecular formula is C18H18F3N7. The lowest BCUT2D eigenvalue weighted by Gasteiger charge is -2.13. The SMILES string of the molecule is Cc1cccc(-c2nc(Nc3cc(C(F)(F)F)ncn3)cc(NC(C)C)n2)n1. The summed E-state index contributed by atoms with van der Waals surface area (Å²) in [6, 6.07) is 7.95. The molecule has 0 aromatic carbocycles. The fraction of sp³-hybridized carbons (Fsp3) is 0.278. The first-order valence-electron chi connectivity index (χ1n) is 8.46. The average molecular weight is 389 g/mol. The summed E-state index contributed by atoms with van der Waals surface area (Å²) in [5.74, 6) is 1.10. The summed E-state index contributed by atoms with van der Waals surface area (Å²) in [4.78, 5) is 20.3. The van der Waals surface area contributed by atoms with E-state index in [1.807, 2.05) is 32.9 Å². The Morgan fingerprint density at radius 3 is 2.36 bits per heavy atom. The molecule has 0 unspecified atom stereocenters. The molecule has 0 amide bonds. The van der Waals surface area contributed by atoms with Crippen LogP contribution < -0.4 is 10.6 Å². The van der Waals surface area contributed by atoms with Gasteiger partial charge in [0.05, 0.1) is 0 Å². The van der Waals surface area contributed by atoms with E-state index >= 15 is 0 Å². The number of halogens is 3. The fourth-order valence-corrected chi connectivity index (χ4v) is 2.38. The topological polar surface area (TPSA) is 88.5 Å². The summed E-state index contributed by atoms with van der Waals surface area (Å²) in [6.07, 6.45) is -3.71. The van der Waals surface area contributed by atoms with Crippen LogP contribution in [0.25, 0.3) is 11.5 Å².